The fourth-order valence-electron chi connectivity index (χ4n) is 1.30. The lowest BCUT2D eigenvalue weighted by atomic mass is 10.2. The van der Waals surface area contributed by atoms with Gasteiger partial charge >= 0.3 is 6.09 Å². The van der Waals surface area contributed by atoms with Gasteiger partial charge in [-0.05, 0) is 30.7 Å². The van der Waals surface area contributed by atoms with Gasteiger partial charge in [-0.15, -0.1) is 0 Å². The van der Waals surface area contributed by atoms with Gasteiger partial charge < -0.3 is 20.1 Å². The molecule has 0 saturated carbocycles. The minimum atomic E-state index is -0.385. The average molecular weight is 252 g/mol. The number of nitrogens with one attached hydrogen (secondary N) is 1. The van der Waals surface area contributed by atoms with Crippen LogP contribution in [0.25, 0.3) is 0 Å². The molecule has 0 saturated heterocycles. The summed E-state index contributed by atoms with van der Waals surface area (Å²) in [4.78, 5) is 12.7. The summed E-state index contributed by atoms with van der Waals surface area (Å²) in [5.41, 5.74) is 1.11. The summed E-state index contributed by atoms with van der Waals surface area (Å²) in [6.07, 6.45) is 0.363. The lowest BCUT2D eigenvalue weighted by Gasteiger charge is -2.11. The quantitative estimate of drug-likeness (QED) is 0.747. The summed E-state index contributed by atoms with van der Waals surface area (Å²) in [6, 6.07) is 7.35. The molecule has 0 aliphatic rings. The number of ether oxygens (including phenoxy) is 1. The van der Waals surface area contributed by atoms with E-state index in [0.717, 1.165) is 25.1 Å². The second-order valence-electron chi connectivity index (χ2n) is 4.16. The van der Waals surface area contributed by atoms with E-state index in [4.69, 9.17) is 9.84 Å². The Labute approximate surface area is 107 Å². The van der Waals surface area contributed by atoms with Gasteiger partial charge in [-0.1, -0.05) is 12.1 Å². The van der Waals surface area contributed by atoms with Crippen LogP contribution in [0.1, 0.15) is 12.0 Å². The third-order valence-corrected chi connectivity index (χ3v) is 2.33. The predicted octanol–water partition coefficient (Wildman–Crippen LogP) is 1.22. The zero-order valence-corrected chi connectivity index (χ0v) is 10.8. The molecule has 0 heterocycles. The van der Waals surface area contributed by atoms with Crippen molar-refractivity contribution in [1.29, 1.82) is 0 Å². The van der Waals surface area contributed by atoms with Crippen LogP contribution in [0.4, 0.5) is 4.79 Å². The molecule has 0 fully saturated rings. The van der Waals surface area contributed by atoms with Crippen LogP contribution in [0.5, 0.6) is 5.75 Å². The van der Waals surface area contributed by atoms with Crippen molar-refractivity contribution in [2.75, 3.05) is 27.2 Å². The number of nitrogens with zero attached hydrogens (tertiary/aromatic N) is 1. The third-order valence-electron chi connectivity index (χ3n) is 2.33. The van der Waals surface area contributed by atoms with Crippen LogP contribution >= 0.6 is 0 Å². The molecule has 100 valence electrons. The average Bonchev–Trinajstić information content (AvgIpc) is 2.36. The van der Waals surface area contributed by atoms with Crippen LogP contribution in [0.2, 0.25) is 0 Å². The van der Waals surface area contributed by atoms with E-state index in [1.54, 1.807) is 26.2 Å². The third kappa shape index (κ3) is 5.16. The standard InChI is InChI=1S/C13H20N2O3/c1-15(2)13(17)18-12-6-4-11(5-7-12)10-14-8-3-9-16/h4-7,14,16H,3,8-10H2,1-2H3. The number of amides is 1. The normalized spacial score (nSPS) is 10.2. The van der Waals surface area contributed by atoms with E-state index >= 15 is 0 Å². The zero-order chi connectivity index (χ0) is 13.4. The lowest BCUT2D eigenvalue weighted by Crippen LogP contribution is -2.25. The molecule has 0 spiro atoms. The monoisotopic (exact) mass is 252 g/mol. The van der Waals surface area contributed by atoms with Gasteiger partial charge in [0.2, 0.25) is 0 Å². The van der Waals surface area contributed by atoms with E-state index in [-0.39, 0.29) is 12.7 Å². The lowest BCUT2D eigenvalue weighted by molar-refractivity contribution is 0.172. The number of carbonyl (C=O) groups excluding carboxylic acids is 1. The van der Waals surface area contributed by atoms with Gasteiger partial charge in [-0.25, -0.2) is 4.79 Å². The SMILES string of the molecule is CN(C)C(=O)Oc1ccc(CNCCCO)cc1. The Kier molecular flexibility index (Phi) is 6.18. The molecular formula is C13H20N2O3. The Bertz CT molecular complexity index is 363. The Morgan fingerprint density at radius 2 is 2.00 bits per heavy atom. The van der Waals surface area contributed by atoms with Gasteiger partial charge in [0.05, 0.1) is 0 Å². The fourth-order valence-corrected chi connectivity index (χ4v) is 1.30. The molecule has 0 aliphatic heterocycles. The van der Waals surface area contributed by atoms with Crippen molar-refractivity contribution in [2.24, 2.45) is 0 Å². The number of rotatable bonds is 6. The number of hydrogen-bond donors (Lipinski definition) is 2. The number of aliphatic hydroxyl groups excluding tert-OH is 1. The van der Waals surface area contributed by atoms with Crippen molar-refractivity contribution in [3.05, 3.63) is 29.8 Å². The number of hydrogen-bond acceptors (Lipinski definition) is 4. The zero-order valence-electron chi connectivity index (χ0n) is 10.8. The highest BCUT2D eigenvalue weighted by atomic mass is 16.6. The van der Waals surface area contributed by atoms with Crippen LogP contribution < -0.4 is 10.1 Å². The maximum absolute atomic E-state index is 11.3. The first kappa shape index (κ1) is 14.5. The molecule has 1 amide bonds. The van der Waals surface area contributed by atoms with Crippen molar-refractivity contribution < 1.29 is 14.6 Å². The molecule has 0 aromatic heterocycles. The first-order valence-corrected chi connectivity index (χ1v) is 5.93. The summed E-state index contributed by atoms with van der Waals surface area (Å²) in [5.74, 6) is 0.535. The maximum atomic E-state index is 11.3. The van der Waals surface area contributed by atoms with E-state index in [1.807, 2.05) is 12.1 Å². The van der Waals surface area contributed by atoms with Gasteiger partial charge in [-0.3, -0.25) is 0 Å². The molecular weight excluding hydrogens is 232 g/mol. The number of benzene rings is 1. The summed E-state index contributed by atoms with van der Waals surface area (Å²) in [6.45, 7) is 1.72. The number of carbonyl (C=O) groups is 1. The van der Waals surface area contributed by atoms with Gasteiger partial charge in [0.25, 0.3) is 0 Å². The Morgan fingerprint density at radius 1 is 1.33 bits per heavy atom. The second-order valence-corrected chi connectivity index (χ2v) is 4.16. The molecule has 0 bridgehead atoms. The molecule has 0 atom stereocenters. The smallest absolute Gasteiger partial charge is 0.410 e. The summed E-state index contributed by atoms with van der Waals surface area (Å²) >= 11 is 0. The van der Waals surface area contributed by atoms with Crippen molar-refractivity contribution in [3.8, 4) is 5.75 Å². The van der Waals surface area contributed by atoms with Gasteiger partial charge in [0.1, 0.15) is 5.75 Å². The summed E-state index contributed by atoms with van der Waals surface area (Å²) < 4.78 is 5.11. The molecule has 5 nitrogen and oxygen atoms in total. The minimum absolute atomic E-state index is 0.201. The molecule has 5 heteroatoms. The highest BCUT2D eigenvalue weighted by Gasteiger charge is 2.05. The number of aliphatic hydroxyl groups is 1. The highest BCUT2D eigenvalue weighted by molar-refractivity contribution is 5.69. The molecule has 0 radical (unpaired) electrons. The molecule has 0 unspecified atom stereocenters. The van der Waals surface area contributed by atoms with Gasteiger partial charge in [-0.2, -0.15) is 0 Å². The van der Waals surface area contributed by atoms with E-state index < -0.39 is 0 Å². The maximum Gasteiger partial charge on any atom is 0.414 e. The Morgan fingerprint density at radius 3 is 2.56 bits per heavy atom. The fraction of sp³-hybridized carbons (Fsp3) is 0.462. The summed E-state index contributed by atoms with van der Waals surface area (Å²) in [5, 5.41) is 11.8. The van der Waals surface area contributed by atoms with E-state index in [2.05, 4.69) is 5.32 Å². The van der Waals surface area contributed by atoms with Crippen molar-refractivity contribution in [1.82, 2.24) is 10.2 Å². The Balaban J connectivity index is 2.40. The first-order chi connectivity index (χ1) is 8.63. The summed E-state index contributed by atoms with van der Waals surface area (Å²) in [7, 11) is 3.28. The van der Waals surface area contributed by atoms with Gasteiger partial charge in [0, 0.05) is 27.2 Å². The van der Waals surface area contributed by atoms with Crippen molar-refractivity contribution in [3.63, 3.8) is 0 Å². The van der Waals surface area contributed by atoms with Crippen LogP contribution in [0, 0.1) is 0 Å². The molecule has 1 aromatic rings. The van der Waals surface area contributed by atoms with E-state index in [1.165, 1.54) is 4.90 Å². The van der Waals surface area contributed by atoms with Gasteiger partial charge in [0.15, 0.2) is 0 Å². The largest absolute Gasteiger partial charge is 0.414 e. The second kappa shape index (κ2) is 7.68. The first-order valence-electron chi connectivity index (χ1n) is 5.93. The van der Waals surface area contributed by atoms with Crippen LogP contribution in [0.15, 0.2) is 24.3 Å². The molecule has 0 aliphatic carbocycles. The van der Waals surface area contributed by atoms with E-state index in [0.29, 0.717) is 5.75 Å². The van der Waals surface area contributed by atoms with Crippen LogP contribution in [-0.2, 0) is 6.54 Å². The topological polar surface area (TPSA) is 61.8 Å². The molecule has 1 aromatic carbocycles. The minimum Gasteiger partial charge on any atom is -0.410 e. The highest BCUT2D eigenvalue weighted by Crippen LogP contribution is 2.12. The van der Waals surface area contributed by atoms with Crippen LogP contribution in [-0.4, -0.2) is 43.3 Å². The molecule has 2 N–H and O–H groups in total. The van der Waals surface area contributed by atoms with Crippen LogP contribution in [0.3, 0.4) is 0 Å². The Hall–Kier alpha value is -1.59. The molecule has 1 rings (SSSR count). The van der Waals surface area contributed by atoms with Crippen molar-refractivity contribution >= 4 is 6.09 Å². The molecule has 18 heavy (non-hydrogen) atoms. The van der Waals surface area contributed by atoms with E-state index in [9.17, 15) is 4.79 Å². The predicted molar refractivity (Wildman–Crippen MR) is 69.6 cm³/mol. The van der Waals surface area contributed by atoms with Crippen molar-refractivity contribution in [2.45, 2.75) is 13.0 Å².